The number of aromatic nitrogens is 1. The second-order valence-corrected chi connectivity index (χ2v) is 7.53. The Kier molecular flexibility index (Phi) is 5.16. The van der Waals surface area contributed by atoms with Crippen LogP contribution < -0.4 is 15.5 Å². The van der Waals surface area contributed by atoms with Crippen molar-refractivity contribution in [1.29, 1.82) is 0 Å². The zero-order valence-corrected chi connectivity index (χ0v) is 15.9. The van der Waals surface area contributed by atoms with Gasteiger partial charge in [0.05, 0.1) is 24.2 Å². The molecule has 28 heavy (non-hydrogen) atoms. The van der Waals surface area contributed by atoms with Crippen LogP contribution in [-0.2, 0) is 9.53 Å². The number of halogens is 2. The number of morpholine rings is 1. The molecule has 1 amide bonds. The Hall–Kier alpha value is -2.32. The van der Waals surface area contributed by atoms with Crippen molar-refractivity contribution in [3.63, 3.8) is 0 Å². The zero-order chi connectivity index (χ0) is 19.8. The second-order valence-electron chi connectivity index (χ2n) is 7.53. The van der Waals surface area contributed by atoms with E-state index in [2.05, 4.69) is 15.6 Å². The predicted molar refractivity (Wildman–Crippen MR) is 103 cm³/mol. The molecule has 0 bridgehead atoms. The first kappa shape index (κ1) is 19.0. The maximum absolute atomic E-state index is 14.5. The van der Waals surface area contributed by atoms with Crippen LogP contribution in [0.2, 0.25) is 0 Å². The number of alkyl halides is 1. The maximum Gasteiger partial charge on any atom is 0.251 e. The Morgan fingerprint density at radius 1 is 1.39 bits per heavy atom. The summed E-state index contributed by atoms with van der Waals surface area (Å²) in [6.07, 6.45) is -0.460. The Bertz CT molecular complexity index is 894. The van der Waals surface area contributed by atoms with Crippen LogP contribution in [0.3, 0.4) is 0 Å². The van der Waals surface area contributed by atoms with Gasteiger partial charge in [-0.1, -0.05) is 0 Å². The molecule has 8 heteroatoms. The van der Waals surface area contributed by atoms with E-state index in [-0.39, 0.29) is 30.9 Å². The van der Waals surface area contributed by atoms with Crippen LogP contribution in [0, 0.1) is 12.7 Å². The lowest BCUT2D eigenvalue weighted by atomic mass is 10.1. The highest BCUT2D eigenvalue weighted by atomic mass is 19.1. The molecule has 1 aromatic carbocycles. The molecule has 2 aliphatic heterocycles. The van der Waals surface area contributed by atoms with Crippen LogP contribution >= 0.6 is 0 Å². The van der Waals surface area contributed by atoms with E-state index in [4.69, 9.17) is 4.74 Å². The van der Waals surface area contributed by atoms with Gasteiger partial charge in [0, 0.05) is 42.5 Å². The summed E-state index contributed by atoms with van der Waals surface area (Å²) in [4.78, 5) is 18.9. The molecule has 4 rings (SSSR count). The molecule has 4 atom stereocenters. The van der Waals surface area contributed by atoms with E-state index in [1.165, 1.54) is 6.07 Å². The summed E-state index contributed by atoms with van der Waals surface area (Å²) in [5.74, 6) is -0.679. The van der Waals surface area contributed by atoms with Gasteiger partial charge in [-0.2, -0.15) is 0 Å². The quantitative estimate of drug-likeness (QED) is 0.835. The summed E-state index contributed by atoms with van der Waals surface area (Å²) in [6, 6.07) is 4.65. The summed E-state index contributed by atoms with van der Waals surface area (Å²) in [5, 5.41) is 6.48. The molecule has 0 radical (unpaired) electrons. The number of pyridine rings is 1. The van der Waals surface area contributed by atoms with Crippen molar-refractivity contribution in [2.75, 3.05) is 31.1 Å². The van der Waals surface area contributed by atoms with Gasteiger partial charge in [-0.15, -0.1) is 0 Å². The first-order chi connectivity index (χ1) is 13.4. The van der Waals surface area contributed by atoms with Gasteiger partial charge in [0.1, 0.15) is 12.0 Å². The summed E-state index contributed by atoms with van der Waals surface area (Å²) in [7, 11) is 0. The van der Waals surface area contributed by atoms with E-state index in [1.54, 1.807) is 13.1 Å². The molecule has 4 unspecified atom stereocenters. The van der Waals surface area contributed by atoms with Crippen LogP contribution in [0.4, 0.5) is 14.5 Å². The van der Waals surface area contributed by atoms with Crippen LogP contribution in [0.5, 0.6) is 0 Å². The summed E-state index contributed by atoms with van der Waals surface area (Å²) in [5.41, 5.74) is 1.79. The number of amides is 1. The molecule has 2 aliphatic rings. The molecule has 0 spiro atoms. The van der Waals surface area contributed by atoms with Crippen molar-refractivity contribution in [2.24, 2.45) is 0 Å². The van der Waals surface area contributed by atoms with E-state index in [0.717, 1.165) is 5.39 Å². The number of hydrogen-bond donors (Lipinski definition) is 2. The number of hydrogen-bond acceptors (Lipinski definition) is 5. The number of benzene rings is 1. The lowest BCUT2D eigenvalue weighted by Crippen LogP contribution is -2.55. The number of nitrogens with zero attached hydrogens (tertiary/aromatic N) is 2. The second kappa shape index (κ2) is 7.60. The van der Waals surface area contributed by atoms with E-state index < -0.39 is 18.3 Å². The van der Waals surface area contributed by atoms with Gasteiger partial charge in [-0.25, -0.2) is 8.78 Å². The lowest BCUT2D eigenvalue weighted by molar-refractivity contribution is -0.138. The van der Waals surface area contributed by atoms with Gasteiger partial charge in [0.15, 0.2) is 6.10 Å². The fraction of sp³-hybridized carbons (Fsp3) is 0.500. The van der Waals surface area contributed by atoms with Gasteiger partial charge >= 0.3 is 0 Å². The number of ether oxygens (including phenoxy) is 1. The molecule has 1 aromatic heterocycles. The molecular formula is C20H24F2N4O2. The van der Waals surface area contributed by atoms with Gasteiger partial charge in [-0.05, 0) is 32.0 Å². The molecule has 0 aliphatic carbocycles. The number of carbonyl (C=O) groups is 1. The minimum absolute atomic E-state index is 0.233. The predicted octanol–water partition coefficient (Wildman–Crippen LogP) is 1.70. The lowest BCUT2D eigenvalue weighted by Gasteiger charge is -2.38. The zero-order valence-electron chi connectivity index (χ0n) is 15.9. The average Bonchev–Trinajstić information content (AvgIpc) is 3.08. The minimum atomic E-state index is -1.11. The number of rotatable bonds is 3. The number of fused-ring (bicyclic) bond motifs is 1. The standard InChI is InChI=1S/C20H24F2N4O2/c1-11-9-26(10-18(28-11)20(27)25-16-8-23-7-15(16)22)17-6-14(21)12(2)19-13(17)4-3-5-24-19/h3-6,11,15-16,18,23H,7-10H2,1-2H3,(H,25,27). The first-order valence-corrected chi connectivity index (χ1v) is 9.53. The molecule has 3 heterocycles. The monoisotopic (exact) mass is 390 g/mol. The third-order valence-electron chi connectivity index (χ3n) is 5.42. The fourth-order valence-electron chi connectivity index (χ4n) is 3.95. The van der Waals surface area contributed by atoms with E-state index in [9.17, 15) is 13.6 Å². The number of carbonyl (C=O) groups excluding carboxylic acids is 1. The van der Waals surface area contributed by atoms with E-state index >= 15 is 0 Å². The Morgan fingerprint density at radius 3 is 2.96 bits per heavy atom. The number of anilines is 1. The van der Waals surface area contributed by atoms with E-state index in [0.29, 0.717) is 29.9 Å². The number of nitrogens with one attached hydrogen (secondary N) is 2. The van der Waals surface area contributed by atoms with Crippen LogP contribution in [-0.4, -0.2) is 61.5 Å². The van der Waals surface area contributed by atoms with Crippen molar-refractivity contribution >= 4 is 22.5 Å². The molecule has 6 nitrogen and oxygen atoms in total. The minimum Gasteiger partial charge on any atom is -0.365 e. The molecule has 0 saturated carbocycles. The first-order valence-electron chi connectivity index (χ1n) is 9.53. The molecule has 150 valence electrons. The van der Waals surface area contributed by atoms with Gasteiger partial charge in [0.2, 0.25) is 0 Å². The largest absolute Gasteiger partial charge is 0.365 e. The van der Waals surface area contributed by atoms with Gasteiger partial charge in [-0.3, -0.25) is 9.78 Å². The average molecular weight is 390 g/mol. The van der Waals surface area contributed by atoms with Crippen molar-refractivity contribution in [2.45, 2.75) is 38.3 Å². The number of aryl methyl sites for hydroxylation is 1. The van der Waals surface area contributed by atoms with Crippen molar-refractivity contribution in [1.82, 2.24) is 15.6 Å². The highest BCUT2D eigenvalue weighted by Crippen LogP contribution is 2.32. The smallest absolute Gasteiger partial charge is 0.251 e. The van der Waals surface area contributed by atoms with Crippen LogP contribution in [0.25, 0.3) is 10.9 Å². The van der Waals surface area contributed by atoms with Gasteiger partial charge < -0.3 is 20.3 Å². The van der Waals surface area contributed by atoms with E-state index in [1.807, 2.05) is 24.0 Å². The third kappa shape index (κ3) is 3.54. The van der Waals surface area contributed by atoms with Crippen molar-refractivity contribution in [3.8, 4) is 0 Å². The third-order valence-corrected chi connectivity index (χ3v) is 5.42. The Labute approximate surface area is 162 Å². The fourth-order valence-corrected chi connectivity index (χ4v) is 3.95. The molecule has 2 N–H and O–H groups in total. The summed E-state index contributed by atoms with van der Waals surface area (Å²) >= 11 is 0. The maximum atomic E-state index is 14.5. The Balaban J connectivity index is 1.60. The molecular weight excluding hydrogens is 366 g/mol. The highest BCUT2D eigenvalue weighted by Gasteiger charge is 2.35. The Morgan fingerprint density at radius 2 is 2.21 bits per heavy atom. The van der Waals surface area contributed by atoms with Gasteiger partial charge in [0.25, 0.3) is 5.91 Å². The van der Waals surface area contributed by atoms with Crippen LogP contribution in [0.1, 0.15) is 12.5 Å². The molecule has 2 saturated heterocycles. The van der Waals surface area contributed by atoms with Crippen LogP contribution in [0.15, 0.2) is 24.4 Å². The topological polar surface area (TPSA) is 66.5 Å². The van der Waals surface area contributed by atoms with Crippen molar-refractivity contribution < 1.29 is 18.3 Å². The summed E-state index contributed by atoms with van der Waals surface area (Å²) in [6.45, 7) is 4.99. The summed E-state index contributed by atoms with van der Waals surface area (Å²) < 4.78 is 34.1. The normalized spacial score (nSPS) is 27.9. The SMILES string of the molecule is Cc1c(F)cc(N2CC(C)OC(C(=O)NC3CNCC3F)C2)c2cccnc12. The van der Waals surface area contributed by atoms with Crippen molar-refractivity contribution in [3.05, 3.63) is 35.8 Å². The molecule has 2 fully saturated rings. The molecule has 2 aromatic rings. The highest BCUT2D eigenvalue weighted by molar-refractivity contribution is 5.94.